The summed E-state index contributed by atoms with van der Waals surface area (Å²) in [4.78, 5) is 17.3. The van der Waals surface area contributed by atoms with Gasteiger partial charge in [-0.3, -0.25) is 10.1 Å². The lowest BCUT2D eigenvalue weighted by Gasteiger charge is -2.10. The number of rotatable bonds is 4. The molecule has 140 valence electrons. The Kier molecular flexibility index (Phi) is 5.48. The molecule has 0 unspecified atom stereocenters. The lowest BCUT2D eigenvalue weighted by atomic mass is 10.1. The van der Waals surface area contributed by atoms with Crippen LogP contribution >= 0.6 is 43.2 Å². The number of carbonyl (C=O) groups excluding carboxylic acids is 1. The molecule has 0 aliphatic heterocycles. The fourth-order valence-corrected chi connectivity index (χ4v) is 5.02. The molecule has 4 aromatic rings. The maximum Gasteiger partial charge on any atom is 0.261 e. The molecule has 0 spiro atoms. The maximum absolute atomic E-state index is 12.8. The molecule has 1 amide bonds. The van der Waals surface area contributed by atoms with Crippen molar-refractivity contribution in [2.45, 2.75) is 0 Å². The van der Waals surface area contributed by atoms with Crippen LogP contribution in [-0.2, 0) is 0 Å². The molecule has 0 fully saturated rings. The minimum Gasteiger partial charge on any atom is -0.495 e. The molecule has 0 aliphatic rings. The highest BCUT2D eigenvalue weighted by Gasteiger charge is 2.18. The number of hydrogen-bond donors (Lipinski definition) is 1. The molecule has 1 N–H and O–H groups in total. The number of aromatic nitrogens is 1. The number of nitrogens with one attached hydrogen (secondary N) is 1. The molecular weight excluding hydrogens is 504 g/mol. The van der Waals surface area contributed by atoms with E-state index >= 15 is 0 Å². The number of methoxy groups -OCH3 is 1. The summed E-state index contributed by atoms with van der Waals surface area (Å²) in [6, 6.07) is 18.0. The molecule has 0 aliphatic carbocycles. The Hall–Kier alpha value is -2.22. The van der Waals surface area contributed by atoms with Gasteiger partial charge in [0.2, 0.25) is 0 Å². The van der Waals surface area contributed by atoms with Crippen molar-refractivity contribution in [2.24, 2.45) is 0 Å². The third kappa shape index (κ3) is 3.83. The molecular formula is C21H14Br2N2O2S. The van der Waals surface area contributed by atoms with E-state index in [1.54, 1.807) is 6.07 Å². The summed E-state index contributed by atoms with van der Waals surface area (Å²) in [6.45, 7) is 0. The zero-order valence-corrected chi connectivity index (χ0v) is 18.7. The number of nitrogens with zero attached hydrogens (tertiary/aromatic N) is 1. The Morgan fingerprint density at radius 3 is 2.64 bits per heavy atom. The topological polar surface area (TPSA) is 51.2 Å². The molecule has 1 aromatic heterocycles. The van der Waals surface area contributed by atoms with Gasteiger partial charge in [-0.1, -0.05) is 52.3 Å². The van der Waals surface area contributed by atoms with E-state index < -0.39 is 0 Å². The van der Waals surface area contributed by atoms with E-state index in [9.17, 15) is 4.79 Å². The molecule has 4 rings (SSSR count). The lowest BCUT2D eigenvalue weighted by Crippen LogP contribution is -2.13. The smallest absolute Gasteiger partial charge is 0.261 e. The summed E-state index contributed by atoms with van der Waals surface area (Å²) in [6.07, 6.45) is 0. The standard InChI is InChI=1S/C21H14Br2N2O2S/c1-27-19-16(9-15(22)10-17(19)23)20(26)25-21-24-18(11-28-21)14-7-6-12-4-2-3-5-13(12)8-14/h2-11H,1H3,(H,24,25,26). The lowest BCUT2D eigenvalue weighted by molar-refractivity contribution is 0.102. The first kappa shape index (κ1) is 19.1. The molecule has 7 heteroatoms. The summed E-state index contributed by atoms with van der Waals surface area (Å²) in [7, 11) is 1.53. The van der Waals surface area contributed by atoms with Crippen LogP contribution in [0.25, 0.3) is 22.0 Å². The summed E-state index contributed by atoms with van der Waals surface area (Å²) in [5.74, 6) is 0.199. The van der Waals surface area contributed by atoms with E-state index in [0.29, 0.717) is 20.9 Å². The van der Waals surface area contributed by atoms with Gasteiger partial charge in [0.1, 0.15) is 5.75 Å². The normalized spacial score (nSPS) is 10.8. The molecule has 0 saturated heterocycles. The average Bonchev–Trinajstić information content (AvgIpc) is 3.15. The van der Waals surface area contributed by atoms with Crippen molar-refractivity contribution in [3.63, 3.8) is 0 Å². The van der Waals surface area contributed by atoms with Crippen molar-refractivity contribution in [3.8, 4) is 17.0 Å². The second kappa shape index (κ2) is 8.03. The number of hydrogen-bond acceptors (Lipinski definition) is 4. The van der Waals surface area contributed by atoms with E-state index in [1.165, 1.54) is 23.8 Å². The minimum atomic E-state index is -0.279. The van der Waals surface area contributed by atoms with Crippen molar-refractivity contribution in [1.82, 2.24) is 4.98 Å². The van der Waals surface area contributed by atoms with Crippen molar-refractivity contribution < 1.29 is 9.53 Å². The predicted molar refractivity (Wildman–Crippen MR) is 121 cm³/mol. The average molecular weight is 518 g/mol. The minimum absolute atomic E-state index is 0.279. The van der Waals surface area contributed by atoms with Gasteiger partial charge in [-0.25, -0.2) is 4.98 Å². The highest BCUT2D eigenvalue weighted by molar-refractivity contribution is 9.11. The van der Waals surface area contributed by atoms with E-state index in [1.807, 2.05) is 29.6 Å². The van der Waals surface area contributed by atoms with Crippen molar-refractivity contribution in [2.75, 3.05) is 12.4 Å². The van der Waals surface area contributed by atoms with Crippen LogP contribution in [0.3, 0.4) is 0 Å². The Balaban J connectivity index is 1.60. The second-order valence-electron chi connectivity index (χ2n) is 6.02. The van der Waals surface area contributed by atoms with Gasteiger partial charge in [-0.05, 0) is 44.9 Å². The van der Waals surface area contributed by atoms with Crippen LogP contribution in [0.5, 0.6) is 5.75 Å². The highest BCUT2D eigenvalue weighted by atomic mass is 79.9. The Labute approximate surface area is 182 Å². The number of anilines is 1. The van der Waals surface area contributed by atoms with E-state index in [4.69, 9.17) is 4.74 Å². The summed E-state index contributed by atoms with van der Waals surface area (Å²) < 4.78 is 6.84. The highest BCUT2D eigenvalue weighted by Crippen LogP contribution is 2.34. The molecule has 1 heterocycles. The van der Waals surface area contributed by atoms with Crippen LogP contribution in [0, 0.1) is 0 Å². The number of fused-ring (bicyclic) bond motifs is 1. The molecule has 4 nitrogen and oxygen atoms in total. The summed E-state index contributed by atoms with van der Waals surface area (Å²) >= 11 is 8.21. The number of ether oxygens (including phenoxy) is 1. The van der Waals surface area contributed by atoms with Crippen LogP contribution in [0.15, 0.2) is 68.9 Å². The van der Waals surface area contributed by atoms with Crippen LogP contribution in [0.4, 0.5) is 5.13 Å². The van der Waals surface area contributed by atoms with Crippen molar-refractivity contribution in [1.29, 1.82) is 0 Å². The monoisotopic (exact) mass is 516 g/mol. The molecule has 0 saturated carbocycles. The third-order valence-electron chi connectivity index (χ3n) is 4.23. The quantitative estimate of drug-likeness (QED) is 0.325. The van der Waals surface area contributed by atoms with E-state index in [2.05, 4.69) is 66.4 Å². The Bertz CT molecular complexity index is 1190. The van der Waals surface area contributed by atoms with Gasteiger partial charge in [0.05, 0.1) is 22.8 Å². The second-order valence-corrected chi connectivity index (χ2v) is 8.65. The van der Waals surface area contributed by atoms with Gasteiger partial charge in [0.15, 0.2) is 5.13 Å². The first-order valence-corrected chi connectivity index (χ1v) is 10.8. The summed E-state index contributed by atoms with van der Waals surface area (Å²) in [5, 5.41) is 7.67. The Morgan fingerprint density at radius 1 is 1.07 bits per heavy atom. The molecule has 28 heavy (non-hydrogen) atoms. The summed E-state index contributed by atoms with van der Waals surface area (Å²) in [5.41, 5.74) is 2.26. The zero-order chi connectivity index (χ0) is 19.7. The SMILES string of the molecule is COc1c(Br)cc(Br)cc1C(=O)Nc1nc(-c2ccc3ccccc3c2)cs1. The van der Waals surface area contributed by atoms with Gasteiger partial charge in [-0.15, -0.1) is 11.3 Å². The van der Waals surface area contributed by atoms with E-state index in [-0.39, 0.29) is 5.91 Å². The van der Waals surface area contributed by atoms with Crippen molar-refractivity contribution in [3.05, 3.63) is 74.5 Å². The number of carbonyl (C=O) groups is 1. The third-order valence-corrected chi connectivity index (χ3v) is 6.03. The first-order chi connectivity index (χ1) is 13.5. The van der Waals surface area contributed by atoms with Gasteiger partial charge in [0.25, 0.3) is 5.91 Å². The fourth-order valence-electron chi connectivity index (χ4n) is 2.91. The van der Waals surface area contributed by atoms with Crippen LogP contribution < -0.4 is 10.1 Å². The van der Waals surface area contributed by atoms with Gasteiger partial charge in [0, 0.05) is 15.4 Å². The Morgan fingerprint density at radius 2 is 1.86 bits per heavy atom. The van der Waals surface area contributed by atoms with Crippen LogP contribution in [0.1, 0.15) is 10.4 Å². The fraction of sp³-hybridized carbons (Fsp3) is 0.0476. The largest absolute Gasteiger partial charge is 0.495 e. The van der Waals surface area contributed by atoms with Gasteiger partial charge >= 0.3 is 0 Å². The maximum atomic E-state index is 12.8. The number of halogens is 2. The zero-order valence-electron chi connectivity index (χ0n) is 14.7. The molecule has 0 bridgehead atoms. The number of amides is 1. The molecule has 3 aromatic carbocycles. The number of thiazole rings is 1. The van der Waals surface area contributed by atoms with Crippen LogP contribution in [0.2, 0.25) is 0 Å². The van der Waals surface area contributed by atoms with Crippen LogP contribution in [-0.4, -0.2) is 18.0 Å². The van der Waals surface area contributed by atoms with E-state index in [0.717, 1.165) is 21.1 Å². The molecule has 0 atom stereocenters. The first-order valence-electron chi connectivity index (χ1n) is 8.34. The number of benzene rings is 3. The molecule has 0 radical (unpaired) electrons. The van der Waals surface area contributed by atoms with Gasteiger partial charge < -0.3 is 4.74 Å². The van der Waals surface area contributed by atoms with Crippen molar-refractivity contribution >= 4 is 65.0 Å². The predicted octanol–water partition coefficient (Wildman–Crippen LogP) is 6.75. The van der Waals surface area contributed by atoms with Gasteiger partial charge in [-0.2, -0.15) is 0 Å².